The third-order valence-electron chi connectivity index (χ3n) is 5.22. The van der Waals surface area contributed by atoms with E-state index in [4.69, 9.17) is 0 Å². The van der Waals surface area contributed by atoms with Gasteiger partial charge in [-0.2, -0.15) is 0 Å². The highest BCUT2D eigenvalue weighted by atomic mass is 16.2. The lowest BCUT2D eigenvalue weighted by Gasteiger charge is -2.37. The van der Waals surface area contributed by atoms with Crippen molar-refractivity contribution >= 4 is 11.6 Å². The molecule has 5 nitrogen and oxygen atoms in total. The van der Waals surface area contributed by atoms with Crippen molar-refractivity contribution in [3.05, 3.63) is 60.4 Å². The van der Waals surface area contributed by atoms with Gasteiger partial charge in [-0.25, -0.2) is 0 Å². The summed E-state index contributed by atoms with van der Waals surface area (Å²) in [6, 6.07) is 14.2. The molecule has 2 aliphatic rings. The average Bonchev–Trinajstić information content (AvgIpc) is 3.05. The van der Waals surface area contributed by atoms with Crippen LogP contribution < -0.4 is 4.90 Å². The highest BCUT2D eigenvalue weighted by molar-refractivity contribution is 5.99. The molecule has 2 fully saturated rings. The van der Waals surface area contributed by atoms with Gasteiger partial charge in [0.05, 0.1) is 6.04 Å². The number of anilines is 1. The summed E-state index contributed by atoms with van der Waals surface area (Å²) in [6.07, 6.45) is 4.67. The van der Waals surface area contributed by atoms with E-state index in [9.17, 15) is 4.79 Å². The Morgan fingerprint density at radius 2 is 1.76 bits per heavy atom. The van der Waals surface area contributed by atoms with Crippen molar-refractivity contribution in [1.82, 2.24) is 14.8 Å². The summed E-state index contributed by atoms with van der Waals surface area (Å²) in [6.45, 7) is 5.69. The molecule has 4 rings (SSSR count). The number of pyridine rings is 1. The molecule has 2 aliphatic heterocycles. The summed E-state index contributed by atoms with van der Waals surface area (Å²) in [5.41, 5.74) is 2.27. The van der Waals surface area contributed by atoms with Crippen LogP contribution in [0.1, 0.15) is 12.0 Å². The average molecular weight is 336 g/mol. The molecule has 0 radical (unpaired) electrons. The van der Waals surface area contributed by atoms with Crippen LogP contribution in [0.3, 0.4) is 0 Å². The Morgan fingerprint density at radius 3 is 2.48 bits per heavy atom. The Hall–Kier alpha value is -2.24. The van der Waals surface area contributed by atoms with E-state index in [2.05, 4.69) is 20.9 Å². The van der Waals surface area contributed by atoms with E-state index < -0.39 is 0 Å². The first-order valence-electron chi connectivity index (χ1n) is 9.03. The van der Waals surface area contributed by atoms with Gasteiger partial charge in [0.15, 0.2) is 0 Å². The highest BCUT2D eigenvalue weighted by Crippen LogP contribution is 2.25. The van der Waals surface area contributed by atoms with Gasteiger partial charge < -0.3 is 4.90 Å². The van der Waals surface area contributed by atoms with E-state index >= 15 is 0 Å². The lowest BCUT2D eigenvalue weighted by molar-refractivity contribution is -0.122. The van der Waals surface area contributed by atoms with Crippen LogP contribution in [0.5, 0.6) is 0 Å². The smallest absolute Gasteiger partial charge is 0.244 e. The monoisotopic (exact) mass is 336 g/mol. The number of piperazine rings is 1. The first-order chi connectivity index (χ1) is 12.3. The second-order valence-corrected chi connectivity index (χ2v) is 6.80. The minimum atomic E-state index is 0.0424. The standard InChI is InChI=1S/C20H24N4O/c25-20-19(8-10-24(20)18-6-2-1-3-7-18)23-13-11-22(12-14-23)16-17-5-4-9-21-15-17/h1-7,9,15,19H,8,10-14,16H2/t19-/m0/s1. The maximum Gasteiger partial charge on any atom is 0.244 e. The number of carbonyl (C=O) groups is 1. The molecule has 5 heteroatoms. The second-order valence-electron chi connectivity index (χ2n) is 6.80. The molecular weight excluding hydrogens is 312 g/mol. The molecular formula is C20H24N4O. The van der Waals surface area contributed by atoms with Crippen LogP contribution in [0.2, 0.25) is 0 Å². The summed E-state index contributed by atoms with van der Waals surface area (Å²) in [5.74, 6) is 0.256. The summed E-state index contributed by atoms with van der Waals surface area (Å²) >= 11 is 0. The summed E-state index contributed by atoms with van der Waals surface area (Å²) < 4.78 is 0. The SMILES string of the molecule is O=C1[C@@H](N2CCN(Cc3cccnc3)CC2)CCN1c1ccccc1. The molecule has 1 aromatic carbocycles. The zero-order chi connectivity index (χ0) is 17.1. The van der Waals surface area contributed by atoms with Crippen molar-refractivity contribution < 1.29 is 4.79 Å². The summed E-state index contributed by atoms with van der Waals surface area (Å²) in [7, 11) is 0. The van der Waals surface area contributed by atoms with E-state index in [0.29, 0.717) is 0 Å². The van der Waals surface area contributed by atoms with E-state index in [1.807, 2.05) is 53.7 Å². The first-order valence-corrected chi connectivity index (χ1v) is 9.03. The fourth-order valence-corrected chi connectivity index (χ4v) is 3.85. The Bertz CT molecular complexity index is 698. The molecule has 0 saturated carbocycles. The Balaban J connectivity index is 1.33. The Labute approximate surface area is 148 Å². The minimum Gasteiger partial charge on any atom is -0.311 e. The topological polar surface area (TPSA) is 39.7 Å². The molecule has 25 heavy (non-hydrogen) atoms. The maximum atomic E-state index is 12.8. The zero-order valence-electron chi connectivity index (χ0n) is 14.4. The van der Waals surface area contributed by atoms with Crippen LogP contribution in [0.25, 0.3) is 0 Å². The molecule has 0 spiro atoms. The molecule has 2 saturated heterocycles. The molecule has 1 aromatic heterocycles. The third-order valence-corrected chi connectivity index (χ3v) is 5.22. The van der Waals surface area contributed by atoms with Gasteiger partial charge >= 0.3 is 0 Å². The number of aromatic nitrogens is 1. The van der Waals surface area contributed by atoms with E-state index in [0.717, 1.165) is 51.4 Å². The molecule has 3 heterocycles. The lowest BCUT2D eigenvalue weighted by atomic mass is 10.1. The van der Waals surface area contributed by atoms with Crippen molar-refractivity contribution in [3.63, 3.8) is 0 Å². The number of nitrogens with zero attached hydrogens (tertiary/aromatic N) is 4. The molecule has 2 aromatic rings. The summed E-state index contributed by atoms with van der Waals surface area (Å²) in [5, 5.41) is 0. The fourth-order valence-electron chi connectivity index (χ4n) is 3.85. The number of hydrogen-bond acceptors (Lipinski definition) is 4. The number of para-hydroxylation sites is 1. The van der Waals surface area contributed by atoms with Gasteiger partial charge in [0.2, 0.25) is 5.91 Å². The van der Waals surface area contributed by atoms with E-state index in [1.165, 1.54) is 5.56 Å². The number of benzene rings is 1. The van der Waals surface area contributed by atoms with Gasteiger partial charge in [-0.3, -0.25) is 19.6 Å². The molecule has 1 atom stereocenters. The molecule has 0 bridgehead atoms. The maximum absolute atomic E-state index is 12.8. The van der Waals surface area contributed by atoms with Crippen LogP contribution in [0, 0.1) is 0 Å². The third kappa shape index (κ3) is 3.57. The molecule has 0 unspecified atom stereocenters. The molecule has 130 valence electrons. The van der Waals surface area contributed by atoms with Gasteiger partial charge in [0.25, 0.3) is 0 Å². The minimum absolute atomic E-state index is 0.0424. The predicted octanol–water partition coefficient (Wildman–Crippen LogP) is 2.00. The zero-order valence-corrected chi connectivity index (χ0v) is 14.4. The quantitative estimate of drug-likeness (QED) is 0.856. The highest BCUT2D eigenvalue weighted by Gasteiger charge is 2.37. The van der Waals surface area contributed by atoms with Gasteiger partial charge in [-0.05, 0) is 30.2 Å². The lowest BCUT2D eigenvalue weighted by Crippen LogP contribution is -2.52. The number of amides is 1. The molecule has 1 amide bonds. The van der Waals surface area contributed by atoms with Gasteiger partial charge in [-0.15, -0.1) is 0 Å². The molecule has 0 N–H and O–H groups in total. The predicted molar refractivity (Wildman–Crippen MR) is 98.3 cm³/mol. The number of carbonyl (C=O) groups excluding carboxylic acids is 1. The number of rotatable bonds is 4. The van der Waals surface area contributed by atoms with Crippen LogP contribution in [0.15, 0.2) is 54.9 Å². The van der Waals surface area contributed by atoms with E-state index in [1.54, 1.807) is 0 Å². The van der Waals surface area contributed by atoms with Crippen LogP contribution in [0.4, 0.5) is 5.69 Å². The second kappa shape index (κ2) is 7.33. The van der Waals surface area contributed by atoms with Crippen LogP contribution >= 0.6 is 0 Å². The van der Waals surface area contributed by atoms with Gasteiger partial charge in [0.1, 0.15) is 0 Å². The van der Waals surface area contributed by atoms with Crippen molar-refractivity contribution in [1.29, 1.82) is 0 Å². The fraction of sp³-hybridized carbons (Fsp3) is 0.400. The first kappa shape index (κ1) is 16.2. The van der Waals surface area contributed by atoms with Crippen molar-refractivity contribution in [2.45, 2.75) is 19.0 Å². The van der Waals surface area contributed by atoms with Crippen LogP contribution in [-0.4, -0.2) is 59.5 Å². The van der Waals surface area contributed by atoms with E-state index in [-0.39, 0.29) is 11.9 Å². The van der Waals surface area contributed by atoms with Crippen molar-refractivity contribution in [3.8, 4) is 0 Å². The summed E-state index contributed by atoms with van der Waals surface area (Å²) in [4.78, 5) is 23.8. The normalized spacial score (nSPS) is 22.5. The van der Waals surface area contributed by atoms with Crippen molar-refractivity contribution in [2.24, 2.45) is 0 Å². The Morgan fingerprint density at radius 1 is 0.960 bits per heavy atom. The van der Waals surface area contributed by atoms with Gasteiger partial charge in [0, 0.05) is 57.3 Å². The van der Waals surface area contributed by atoms with Crippen LogP contribution in [-0.2, 0) is 11.3 Å². The largest absolute Gasteiger partial charge is 0.311 e. The Kier molecular flexibility index (Phi) is 4.76. The van der Waals surface area contributed by atoms with Crippen molar-refractivity contribution in [2.75, 3.05) is 37.6 Å². The van der Waals surface area contributed by atoms with Gasteiger partial charge in [-0.1, -0.05) is 24.3 Å². The molecule has 0 aliphatic carbocycles. The number of hydrogen-bond donors (Lipinski definition) is 0.